The largest absolute Gasteiger partial charge is 0.464 e. The van der Waals surface area contributed by atoms with Gasteiger partial charge < -0.3 is 43.2 Å². The van der Waals surface area contributed by atoms with Crippen LogP contribution in [0.1, 0.15) is 114 Å². The summed E-state index contributed by atoms with van der Waals surface area (Å²) in [5, 5.41) is 8.61. The van der Waals surface area contributed by atoms with Crippen LogP contribution in [0.15, 0.2) is 35.8 Å². The van der Waals surface area contributed by atoms with Crippen LogP contribution in [-0.2, 0) is 60.6 Å². The molecular weight excluding hydrogens is 1020 g/mol. The standard InChI is InChI=1S/C60H78N8O10S/c1-35-30-77-52(35)53(69)63-49-51(66-32-60(33-66)16-21-75-22-17-60)54-62-45(31-79-54)38-10-11-46-42(27-38)44(28-58(3,4)34-78-56(71)48-39-25-40(26-39)68(64-48)55(49)70)50(67(46)18-23-76-41-13-19-74-20-14-41)43-24-37(29-61-47(43)36(2)73-9)12-15-59(5,6)57(72)65(7)8/h10-11,24,27,29,31,35-36,39-41,48-49,51-52,64H,13-14,16-23,25-26,28,30,32-34H2,1-9H3,(H,63,69)/t35-,36-,39?,40?,48-,49-,51-,52-/m0/s1. The Morgan fingerprint density at radius 3 is 2.51 bits per heavy atom. The van der Waals surface area contributed by atoms with Crippen molar-refractivity contribution in [3.05, 3.63) is 57.7 Å². The van der Waals surface area contributed by atoms with Gasteiger partial charge >= 0.3 is 5.97 Å². The zero-order valence-electron chi connectivity index (χ0n) is 47.4. The van der Waals surface area contributed by atoms with Crippen molar-refractivity contribution in [2.24, 2.45) is 28.1 Å². The van der Waals surface area contributed by atoms with Crippen molar-refractivity contribution in [2.45, 2.75) is 136 Å². The minimum Gasteiger partial charge on any atom is -0.464 e. The number of carbonyl (C=O) groups excluding carboxylic acids is 4. The third-order valence-electron chi connectivity index (χ3n) is 17.7. The third kappa shape index (κ3) is 11.0. The Morgan fingerprint density at radius 1 is 1.06 bits per heavy atom. The van der Waals surface area contributed by atoms with Gasteiger partial charge in [0.2, 0.25) is 11.8 Å². The summed E-state index contributed by atoms with van der Waals surface area (Å²) < 4.78 is 38.7. The summed E-state index contributed by atoms with van der Waals surface area (Å²) in [6.45, 7) is 17.5. The number of fused-ring (bicyclic) bond motifs is 4. The number of likely N-dealkylation sites (tertiary alicyclic amines) is 1. The summed E-state index contributed by atoms with van der Waals surface area (Å²) in [7, 11) is 5.15. The number of methoxy groups -OCH3 is 1. The normalized spacial score (nSPS) is 27.4. The van der Waals surface area contributed by atoms with Crippen LogP contribution in [-0.4, -0.2) is 164 Å². The first kappa shape index (κ1) is 55.6. The summed E-state index contributed by atoms with van der Waals surface area (Å²) in [6, 6.07) is 5.95. The summed E-state index contributed by atoms with van der Waals surface area (Å²) in [6.07, 6.45) is 5.94. The molecule has 12 rings (SSSR count). The van der Waals surface area contributed by atoms with Gasteiger partial charge in [-0.3, -0.25) is 34.1 Å². The molecule has 1 aromatic carbocycles. The second-order valence-electron chi connectivity index (χ2n) is 24.9. The van der Waals surface area contributed by atoms with Crippen molar-refractivity contribution in [3.8, 4) is 34.4 Å². The van der Waals surface area contributed by atoms with E-state index in [1.54, 1.807) is 37.3 Å². The first-order valence-electron chi connectivity index (χ1n) is 28.4. The van der Waals surface area contributed by atoms with Gasteiger partial charge in [0.25, 0.3) is 5.91 Å². The summed E-state index contributed by atoms with van der Waals surface area (Å²) in [5.41, 5.74) is 8.54. The highest BCUT2D eigenvalue weighted by molar-refractivity contribution is 7.10. The number of hydrogen-bond donors (Lipinski definition) is 2. The van der Waals surface area contributed by atoms with Crippen LogP contribution >= 0.6 is 11.3 Å². The highest BCUT2D eigenvalue weighted by Crippen LogP contribution is 2.48. The molecule has 424 valence electrons. The molecule has 1 spiro atoms. The lowest BCUT2D eigenvalue weighted by Gasteiger charge is -2.57. The topological polar surface area (TPSA) is 188 Å². The van der Waals surface area contributed by atoms with Gasteiger partial charge in [-0.25, -0.2) is 10.4 Å². The Hall–Kier alpha value is -5.30. The van der Waals surface area contributed by atoms with Crippen molar-refractivity contribution in [1.29, 1.82) is 0 Å². The number of ether oxygens (including phenoxy) is 6. The maximum atomic E-state index is 15.5. The molecule has 6 saturated heterocycles. The van der Waals surface area contributed by atoms with E-state index in [1.807, 2.05) is 27.7 Å². The highest BCUT2D eigenvalue weighted by Gasteiger charge is 2.56. The summed E-state index contributed by atoms with van der Waals surface area (Å²) >= 11 is 1.49. The number of esters is 1. The van der Waals surface area contributed by atoms with E-state index in [1.165, 1.54) is 11.3 Å². The zero-order chi connectivity index (χ0) is 55.5. The second kappa shape index (κ2) is 22.2. The number of hydrogen-bond acceptors (Lipinski definition) is 15. The van der Waals surface area contributed by atoms with Gasteiger partial charge in [-0.15, -0.1) is 11.3 Å². The monoisotopic (exact) mass is 1100 g/mol. The number of rotatable bonds is 11. The van der Waals surface area contributed by atoms with Gasteiger partial charge in [-0.1, -0.05) is 38.7 Å². The molecule has 18 nitrogen and oxygen atoms in total. The van der Waals surface area contributed by atoms with Crippen molar-refractivity contribution in [1.82, 2.24) is 40.1 Å². The van der Waals surface area contributed by atoms with Gasteiger partial charge in [0.05, 0.1) is 55.2 Å². The van der Waals surface area contributed by atoms with E-state index in [0.29, 0.717) is 76.0 Å². The molecule has 7 fully saturated rings. The number of hydrazine groups is 1. The molecule has 3 aromatic heterocycles. The van der Waals surface area contributed by atoms with Crippen LogP contribution in [0.5, 0.6) is 0 Å². The van der Waals surface area contributed by atoms with Gasteiger partial charge in [0.1, 0.15) is 28.6 Å². The van der Waals surface area contributed by atoms with Crippen LogP contribution in [0.4, 0.5) is 0 Å². The fourth-order valence-electron chi connectivity index (χ4n) is 12.9. The number of cyclic esters (lactones) is 1. The molecular formula is C60H78N8O10S. The van der Waals surface area contributed by atoms with E-state index in [-0.39, 0.29) is 53.7 Å². The molecule has 19 heteroatoms. The highest BCUT2D eigenvalue weighted by atomic mass is 32.1. The molecule has 0 radical (unpaired) electrons. The molecule has 0 unspecified atom stereocenters. The van der Waals surface area contributed by atoms with Crippen molar-refractivity contribution >= 4 is 45.9 Å². The lowest BCUT2D eigenvalue weighted by molar-refractivity contribution is -0.175. The van der Waals surface area contributed by atoms with Crippen molar-refractivity contribution < 1.29 is 47.6 Å². The predicted octanol–water partition coefficient (Wildman–Crippen LogP) is 6.49. The van der Waals surface area contributed by atoms with Crippen molar-refractivity contribution in [3.63, 3.8) is 0 Å². The quantitative estimate of drug-likeness (QED) is 0.123. The van der Waals surface area contributed by atoms with Crippen LogP contribution in [0, 0.1) is 39.9 Å². The molecule has 1 aliphatic carbocycles. The molecule has 8 aliphatic rings. The Morgan fingerprint density at radius 2 is 1.81 bits per heavy atom. The van der Waals surface area contributed by atoms with E-state index in [9.17, 15) is 14.4 Å². The SMILES string of the molecule is CO[C@@H](C)c1ncc(C#CC(C)(C)C(=O)N(C)C)cc1-c1c2c3cc(ccc3n1CCOC1CCOCC1)-c1csc(n1)[C@@H](N1CC3(CCOCC3)C1)[C@H](NC(=O)[C@H]1OC[C@@H]1C)C(=O)N1N[C@H](C(=O)OCC(C)(C)C2)C2CC1C2. The van der Waals surface area contributed by atoms with Crippen LogP contribution in [0.2, 0.25) is 0 Å². The van der Waals surface area contributed by atoms with Crippen LogP contribution in [0.25, 0.3) is 33.4 Å². The first-order chi connectivity index (χ1) is 37.8. The maximum absolute atomic E-state index is 15.5. The lowest BCUT2D eigenvalue weighted by Crippen LogP contribution is -2.73. The Balaban J connectivity index is 1.08. The molecule has 79 heavy (non-hydrogen) atoms. The molecule has 10 heterocycles. The molecule has 4 aromatic rings. The number of carbonyl (C=O) groups is 4. The molecule has 6 atom stereocenters. The fourth-order valence-corrected chi connectivity index (χ4v) is 13.9. The van der Waals surface area contributed by atoms with Gasteiger partial charge in [-0.05, 0) is 95.4 Å². The average Bonchev–Trinajstić information content (AvgIpc) is 4.09. The van der Waals surface area contributed by atoms with E-state index in [2.05, 4.69) is 75.5 Å². The number of amides is 3. The predicted molar refractivity (Wildman–Crippen MR) is 297 cm³/mol. The lowest BCUT2D eigenvalue weighted by atomic mass is 9.72. The summed E-state index contributed by atoms with van der Waals surface area (Å²) in [4.78, 5) is 72.1. The first-order valence-corrected chi connectivity index (χ1v) is 29.3. The van der Waals surface area contributed by atoms with Crippen molar-refractivity contribution in [2.75, 3.05) is 80.5 Å². The van der Waals surface area contributed by atoms with Crippen LogP contribution in [0.3, 0.4) is 0 Å². The Labute approximate surface area is 467 Å². The van der Waals surface area contributed by atoms with E-state index < -0.39 is 47.1 Å². The van der Waals surface area contributed by atoms with E-state index >= 15 is 4.79 Å². The van der Waals surface area contributed by atoms with Gasteiger partial charge in [0, 0.05) is 129 Å². The number of aromatic nitrogens is 3. The second-order valence-corrected chi connectivity index (χ2v) is 25.8. The van der Waals surface area contributed by atoms with E-state index in [4.69, 9.17) is 38.4 Å². The minimum atomic E-state index is -1.05. The van der Waals surface area contributed by atoms with Gasteiger partial charge in [-0.2, -0.15) is 0 Å². The third-order valence-corrected chi connectivity index (χ3v) is 18.6. The smallest absolute Gasteiger partial charge is 0.325 e. The maximum Gasteiger partial charge on any atom is 0.325 e. The zero-order valence-corrected chi connectivity index (χ0v) is 48.2. The molecule has 7 aliphatic heterocycles. The minimum absolute atomic E-state index is 0.00590. The molecule has 8 bridgehead atoms. The average molecular weight is 1100 g/mol. The fraction of sp³-hybridized carbons (Fsp3) is 0.633. The molecule has 3 amide bonds. The number of nitrogens with zero attached hydrogens (tertiary/aromatic N) is 6. The number of nitrogens with one attached hydrogen (secondary N) is 2. The van der Waals surface area contributed by atoms with E-state index in [0.717, 1.165) is 83.4 Å². The Kier molecular flexibility index (Phi) is 15.6. The molecule has 2 N–H and O–H groups in total. The van der Waals surface area contributed by atoms with Crippen LogP contribution < -0.4 is 10.7 Å². The number of pyridine rings is 1. The number of thiazole rings is 1. The van der Waals surface area contributed by atoms with Gasteiger partial charge in [0.15, 0.2) is 0 Å². The molecule has 1 saturated carbocycles. The Bertz CT molecular complexity index is 3020. The summed E-state index contributed by atoms with van der Waals surface area (Å²) in [5.74, 6) is 5.39. The number of benzene rings is 1.